The lowest BCUT2D eigenvalue weighted by Crippen LogP contribution is -2.47. The van der Waals surface area contributed by atoms with Gasteiger partial charge in [0.2, 0.25) is 5.91 Å². The summed E-state index contributed by atoms with van der Waals surface area (Å²) in [4.78, 5) is 16.5. The largest absolute Gasteiger partial charge is 0.356 e. The highest BCUT2D eigenvalue weighted by atomic mass is 16.1. The Morgan fingerprint density at radius 1 is 1.26 bits per heavy atom. The maximum absolute atomic E-state index is 11.6. The molecule has 1 aromatic carbocycles. The van der Waals surface area contributed by atoms with Crippen LogP contribution in [-0.2, 0) is 4.79 Å². The van der Waals surface area contributed by atoms with Gasteiger partial charge in [-0.05, 0) is 32.0 Å². The fourth-order valence-electron chi connectivity index (χ4n) is 3.08. The molecule has 2 rings (SSSR count). The number of nitrogens with zero attached hydrogens (tertiary/aromatic N) is 2. The zero-order chi connectivity index (χ0) is 16.5. The number of likely N-dealkylation sites (N-methyl/N-ethyl adjacent to an activating group) is 1. The Hall–Kier alpha value is -1.43. The van der Waals surface area contributed by atoms with Crippen molar-refractivity contribution >= 4 is 5.91 Å². The van der Waals surface area contributed by atoms with Crippen LogP contribution in [-0.4, -0.2) is 62.0 Å². The van der Waals surface area contributed by atoms with Gasteiger partial charge in [0.15, 0.2) is 0 Å². The van der Waals surface area contributed by atoms with E-state index in [0.29, 0.717) is 19.0 Å². The normalized spacial score (nSPS) is 19.7. The number of nitrogens with two attached hydrogens (primary N) is 1. The number of benzene rings is 1. The molecular formula is C18H30N4O. The minimum atomic E-state index is 0.119. The highest BCUT2D eigenvalue weighted by Crippen LogP contribution is 2.24. The number of amides is 1. The maximum Gasteiger partial charge on any atom is 0.220 e. The number of piperazine rings is 1. The Labute approximate surface area is 139 Å². The van der Waals surface area contributed by atoms with E-state index in [2.05, 4.69) is 52.5 Å². The molecule has 0 bridgehead atoms. The molecule has 3 N–H and O–H groups in total. The van der Waals surface area contributed by atoms with Crippen LogP contribution in [0, 0.1) is 0 Å². The van der Waals surface area contributed by atoms with Crippen molar-refractivity contribution in [3.63, 3.8) is 0 Å². The molecule has 5 heteroatoms. The second-order valence-corrected chi connectivity index (χ2v) is 6.32. The van der Waals surface area contributed by atoms with E-state index in [-0.39, 0.29) is 5.91 Å². The van der Waals surface area contributed by atoms with Crippen LogP contribution in [0.2, 0.25) is 0 Å². The molecule has 0 saturated carbocycles. The van der Waals surface area contributed by atoms with Crippen molar-refractivity contribution in [3.05, 3.63) is 35.9 Å². The van der Waals surface area contributed by atoms with Crippen molar-refractivity contribution in [3.8, 4) is 0 Å². The smallest absolute Gasteiger partial charge is 0.220 e. The van der Waals surface area contributed by atoms with Gasteiger partial charge in [-0.2, -0.15) is 0 Å². The van der Waals surface area contributed by atoms with Crippen molar-refractivity contribution < 1.29 is 4.79 Å². The molecule has 5 nitrogen and oxygen atoms in total. The standard InChI is InChI=1S/C18H30N4O/c1-21-13-14-22(12-6-11-20-18(23)9-5-10-19)17(15-21)16-7-3-2-4-8-16/h2-4,7-8,17H,5-6,9-15,19H2,1H3,(H,20,23). The summed E-state index contributed by atoms with van der Waals surface area (Å²) in [6.45, 7) is 5.59. The van der Waals surface area contributed by atoms with Crippen molar-refractivity contribution in [2.45, 2.75) is 25.3 Å². The molecule has 0 aliphatic carbocycles. The summed E-state index contributed by atoms with van der Waals surface area (Å²) in [5.41, 5.74) is 6.80. The number of nitrogens with one attached hydrogen (secondary N) is 1. The molecule has 128 valence electrons. The number of hydrogen-bond donors (Lipinski definition) is 2. The van der Waals surface area contributed by atoms with E-state index in [1.165, 1.54) is 5.56 Å². The predicted molar refractivity (Wildman–Crippen MR) is 94.2 cm³/mol. The van der Waals surface area contributed by atoms with Crippen molar-refractivity contribution in [1.82, 2.24) is 15.1 Å². The molecule has 1 saturated heterocycles. The molecule has 0 spiro atoms. The van der Waals surface area contributed by atoms with Gasteiger partial charge in [0, 0.05) is 45.2 Å². The summed E-state index contributed by atoms with van der Waals surface area (Å²) in [6.07, 6.45) is 2.29. The van der Waals surface area contributed by atoms with Crippen LogP contribution in [0.5, 0.6) is 0 Å². The SMILES string of the molecule is CN1CCN(CCCNC(=O)CCCN)C(c2ccccc2)C1. The maximum atomic E-state index is 11.6. The van der Waals surface area contributed by atoms with Crippen LogP contribution >= 0.6 is 0 Å². The van der Waals surface area contributed by atoms with Gasteiger partial charge in [-0.3, -0.25) is 9.69 Å². The Morgan fingerprint density at radius 2 is 2.04 bits per heavy atom. The van der Waals surface area contributed by atoms with E-state index in [0.717, 1.165) is 45.6 Å². The molecule has 0 aromatic heterocycles. The summed E-state index contributed by atoms with van der Waals surface area (Å²) in [6, 6.07) is 11.2. The quantitative estimate of drug-likeness (QED) is 0.708. The first kappa shape index (κ1) is 17.9. The van der Waals surface area contributed by atoms with E-state index in [4.69, 9.17) is 5.73 Å². The van der Waals surface area contributed by atoms with Crippen molar-refractivity contribution in [2.24, 2.45) is 5.73 Å². The summed E-state index contributed by atoms with van der Waals surface area (Å²) in [7, 11) is 2.19. The van der Waals surface area contributed by atoms with Crippen LogP contribution in [0.15, 0.2) is 30.3 Å². The summed E-state index contributed by atoms with van der Waals surface area (Å²) < 4.78 is 0. The van der Waals surface area contributed by atoms with Gasteiger partial charge in [0.05, 0.1) is 0 Å². The fourth-order valence-corrected chi connectivity index (χ4v) is 3.08. The minimum absolute atomic E-state index is 0.119. The van der Waals surface area contributed by atoms with Gasteiger partial charge in [-0.15, -0.1) is 0 Å². The van der Waals surface area contributed by atoms with E-state index >= 15 is 0 Å². The third-order valence-corrected chi connectivity index (χ3v) is 4.43. The van der Waals surface area contributed by atoms with E-state index < -0.39 is 0 Å². The Bertz CT molecular complexity index is 465. The minimum Gasteiger partial charge on any atom is -0.356 e. The summed E-state index contributed by atoms with van der Waals surface area (Å²) in [5.74, 6) is 0.119. The molecule has 0 radical (unpaired) electrons. The number of hydrogen-bond acceptors (Lipinski definition) is 4. The highest BCUT2D eigenvalue weighted by molar-refractivity contribution is 5.75. The third-order valence-electron chi connectivity index (χ3n) is 4.43. The molecule has 1 amide bonds. The average Bonchev–Trinajstić information content (AvgIpc) is 2.58. The van der Waals surface area contributed by atoms with Gasteiger partial charge in [0.25, 0.3) is 0 Å². The zero-order valence-electron chi connectivity index (χ0n) is 14.2. The molecule has 1 aromatic rings. The van der Waals surface area contributed by atoms with Gasteiger partial charge in [-0.1, -0.05) is 30.3 Å². The Morgan fingerprint density at radius 3 is 2.78 bits per heavy atom. The summed E-state index contributed by atoms with van der Waals surface area (Å²) in [5, 5.41) is 2.99. The topological polar surface area (TPSA) is 61.6 Å². The Kier molecular flexibility index (Phi) is 7.52. The lowest BCUT2D eigenvalue weighted by atomic mass is 10.0. The zero-order valence-corrected chi connectivity index (χ0v) is 14.2. The molecule has 1 fully saturated rings. The van der Waals surface area contributed by atoms with Gasteiger partial charge in [0.1, 0.15) is 0 Å². The second kappa shape index (κ2) is 9.65. The molecule has 1 atom stereocenters. The van der Waals surface area contributed by atoms with Gasteiger partial charge in [-0.25, -0.2) is 0 Å². The average molecular weight is 318 g/mol. The first-order chi connectivity index (χ1) is 11.2. The molecular weight excluding hydrogens is 288 g/mol. The first-order valence-electron chi connectivity index (χ1n) is 8.65. The van der Waals surface area contributed by atoms with Crippen LogP contribution in [0.1, 0.15) is 30.9 Å². The van der Waals surface area contributed by atoms with E-state index in [1.807, 2.05) is 0 Å². The monoisotopic (exact) mass is 318 g/mol. The van der Waals surface area contributed by atoms with Crippen molar-refractivity contribution in [2.75, 3.05) is 46.3 Å². The summed E-state index contributed by atoms with van der Waals surface area (Å²) >= 11 is 0. The lowest BCUT2D eigenvalue weighted by molar-refractivity contribution is -0.121. The molecule has 1 heterocycles. The predicted octanol–water partition coefficient (Wildman–Crippen LogP) is 1.22. The van der Waals surface area contributed by atoms with Crippen LogP contribution in [0.25, 0.3) is 0 Å². The first-order valence-corrected chi connectivity index (χ1v) is 8.65. The highest BCUT2D eigenvalue weighted by Gasteiger charge is 2.25. The number of rotatable bonds is 8. The van der Waals surface area contributed by atoms with Crippen LogP contribution in [0.4, 0.5) is 0 Å². The molecule has 23 heavy (non-hydrogen) atoms. The van der Waals surface area contributed by atoms with Crippen molar-refractivity contribution in [1.29, 1.82) is 0 Å². The molecule has 1 aliphatic rings. The molecule has 1 unspecified atom stereocenters. The lowest BCUT2D eigenvalue weighted by Gasteiger charge is -2.40. The Balaban J connectivity index is 1.79. The molecule has 1 aliphatic heterocycles. The second-order valence-electron chi connectivity index (χ2n) is 6.32. The van der Waals surface area contributed by atoms with Crippen LogP contribution < -0.4 is 11.1 Å². The van der Waals surface area contributed by atoms with E-state index in [9.17, 15) is 4.79 Å². The third kappa shape index (κ3) is 5.94. The van der Waals surface area contributed by atoms with Gasteiger partial charge >= 0.3 is 0 Å². The number of carbonyl (C=O) groups excluding carboxylic acids is 1. The van der Waals surface area contributed by atoms with Crippen LogP contribution in [0.3, 0.4) is 0 Å². The number of carbonyl (C=O) groups is 1. The van der Waals surface area contributed by atoms with E-state index in [1.54, 1.807) is 0 Å². The fraction of sp³-hybridized carbons (Fsp3) is 0.611. The van der Waals surface area contributed by atoms with Gasteiger partial charge < -0.3 is 16.0 Å².